The third-order valence-corrected chi connectivity index (χ3v) is 3.12. The quantitative estimate of drug-likeness (QED) is 0.351. The van der Waals surface area contributed by atoms with E-state index in [0.29, 0.717) is 0 Å². The molecule has 0 aliphatic carbocycles. The van der Waals surface area contributed by atoms with Gasteiger partial charge in [0, 0.05) is 0 Å². The first kappa shape index (κ1) is 37.9. The molecule has 0 radical (unpaired) electrons. The smallest absolute Gasteiger partial charge is 0.0533 e. The Kier molecular flexibility index (Phi) is 85.6. The van der Waals surface area contributed by atoms with E-state index in [0.717, 1.165) is 0 Å². The summed E-state index contributed by atoms with van der Waals surface area (Å²) in [7, 11) is 0. The van der Waals surface area contributed by atoms with Crippen LogP contribution in [-0.2, 0) is 0 Å². The fourth-order valence-corrected chi connectivity index (χ4v) is 1.68. The third-order valence-electron chi connectivity index (χ3n) is 3.12. The lowest BCUT2D eigenvalue weighted by molar-refractivity contribution is 0.656. The molecule has 0 saturated carbocycles. The van der Waals surface area contributed by atoms with Crippen molar-refractivity contribution in [2.75, 3.05) is 0 Å². The Morgan fingerprint density at radius 3 is 0.545 bits per heavy atom. The van der Waals surface area contributed by atoms with Gasteiger partial charge in [-0.3, -0.25) is 0 Å². The Balaban J connectivity index is -0.0000000410. The van der Waals surface area contributed by atoms with Crippen LogP contribution in [0.5, 0.6) is 0 Å². The van der Waals surface area contributed by atoms with Crippen molar-refractivity contribution in [3.8, 4) is 0 Å². The molecular formula is C22H56. The second kappa shape index (κ2) is 49.7. The van der Waals surface area contributed by atoms with Crippen LogP contribution in [0.2, 0.25) is 0 Å². The van der Waals surface area contributed by atoms with Gasteiger partial charge >= 0.3 is 0 Å². The van der Waals surface area contributed by atoms with E-state index < -0.39 is 0 Å². The van der Waals surface area contributed by atoms with E-state index in [-0.39, 0.29) is 22.3 Å². The van der Waals surface area contributed by atoms with Crippen molar-refractivity contribution in [1.82, 2.24) is 0 Å². The van der Waals surface area contributed by atoms with Crippen LogP contribution in [0.4, 0.5) is 0 Å². The molecule has 0 N–H and O–H groups in total. The lowest BCUT2D eigenvalue weighted by Gasteiger charge is -1.90. The number of unbranched alkanes of at least 4 members (excludes halogenated alkanes) is 10. The molecule has 0 rings (SSSR count). The van der Waals surface area contributed by atoms with Crippen LogP contribution in [-0.4, -0.2) is 0 Å². The molecule has 0 aromatic carbocycles. The Morgan fingerprint density at radius 1 is 0.273 bits per heavy atom. The monoisotopic (exact) mass is 320 g/mol. The van der Waals surface area contributed by atoms with Gasteiger partial charge in [-0.15, -0.1) is 0 Å². The van der Waals surface area contributed by atoms with Crippen LogP contribution < -0.4 is 0 Å². The van der Waals surface area contributed by atoms with Gasteiger partial charge in [0.25, 0.3) is 0 Å². The molecule has 0 heteroatoms. The first-order chi connectivity index (χ1) is 9.24. The predicted octanol–water partition coefficient (Wildman–Crippen LogP) is 10.1. The lowest BCUT2D eigenvalue weighted by Crippen LogP contribution is -1.70. The minimum atomic E-state index is 0. The van der Waals surface area contributed by atoms with Crippen LogP contribution in [0.1, 0.15) is 147 Å². The molecule has 0 nitrogen and oxygen atoms in total. The molecule has 0 unspecified atom stereocenters. The fourth-order valence-electron chi connectivity index (χ4n) is 1.68. The van der Waals surface area contributed by atoms with Gasteiger partial charge in [-0.2, -0.15) is 0 Å². The van der Waals surface area contributed by atoms with Crippen molar-refractivity contribution in [2.24, 2.45) is 0 Å². The van der Waals surface area contributed by atoms with E-state index in [1.165, 1.54) is 83.5 Å². The summed E-state index contributed by atoms with van der Waals surface area (Å²) in [6, 6.07) is 0. The maximum atomic E-state index is 2.25. The van der Waals surface area contributed by atoms with Gasteiger partial charge in [0.2, 0.25) is 0 Å². The average molecular weight is 321 g/mol. The van der Waals surface area contributed by atoms with Gasteiger partial charge in [-0.25, -0.2) is 0 Å². The number of rotatable bonds is 10. The van der Waals surface area contributed by atoms with Crippen molar-refractivity contribution in [3.05, 3.63) is 0 Å². The molecule has 0 aliphatic rings. The Labute approximate surface area is 147 Å². The van der Waals surface area contributed by atoms with Gasteiger partial charge in [0.15, 0.2) is 0 Å². The van der Waals surface area contributed by atoms with Gasteiger partial charge < -0.3 is 0 Å². The molecule has 0 spiro atoms. The summed E-state index contributed by atoms with van der Waals surface area (Å²) in [5.41, 5.74) is 0. The van der Waals surface area contributed by atoms with Gasteiger partial charge in [-0.05, 0) is 0 Å². The zero-order chi connectivity index (χ0) is 15.2. The Bertz CT molecular complexity index is 76.2. The van der Waals surface area contributed by atoms with Crippen molar-refractivity contribution in [1.29, 1.82) is 0 Å². The lowest BCUT2D eigenvalue weighted by atomic mass is 10.2. The highest BCUT2D eigenvalue weighted by atomic mass is 13.9. The maximum Gasteiger partial charge on any atom is -0.0533 e. The molecule has 0 atom stereocenters. The summed E-state index contributed by atoms with van der Waals surface area (Å²) in [4.78, 5) is 0. The maximum absolute atomic E-state index is 2.25. The topological polar surface area (TPSA) is 0 Å². The number of hydrogen-bond donors (Lipinski definition) is 0. The summed E-state index contributed by atoms with van der Waals surface area (Å²) in [5, 5.41) is 0. The largest absolute Gasteiger partial charge is 0.0776 e. The standard InChI is InChI=1S/C7H16.2C6H14.3CH4/c1-3-5-7-6-4-2;2*1-3-5-6-4-2;;;/h3-7H2,1-2H3;2*3-6H2,1-2H3;3*1H4. The third kappa shape index (κ3) is 72.2. The van der Waals surface area contributed by atoms with Crippen LogP contribution in [0.25, 0.3) is 0 Å². The van der Waals surface area contributed by atoms with Crippen molar-refractivity contribution in [2.45, 2.75) is 147 Å². The summed E-state index contributed by atoms with van der Waals surface area (Å²) in [6.07, 6.45) is 18.1. The highest BCUT2D eigenvalue weighted by molar-refractivity contribution is 4.36. The first-order valence-electron chi connectivity index (χ1n) is 9.24. The van der Waals surface area contributed by atoms with E-state index in [9.17, 15) is 0 Å². The SMILES string of the molecule is C.C.C.CCCCCC.CCCCCC.CCCCCCC. The summed E-state index contributed by atoms with van der Waals surface area (Å²) < 4.78 is 0. The van der Waals surface area contributed by atoms with Gasteiger partial charge in [0.1, 0.15) is 0 Å². The molecule has 0 fully saturated rings. The van der Waals surface area contributed by atoms with E-state index in [2.05, 4.69) is 41.5 Å². The van der Waals surface area contributed by atoms with E-state index in [4.69, 9.17) is 0 Å². The molecule has 0 bridgehead atoms. The Hall–Kier alpha value is 0. The average Bonchev–Trinajstić information content (AvgIpc) is 2.45. The van der Waals surface area contributed by atoms with Crippen molar-refractivity contribution < 1.29 is 0 Å². The molecule has 0 heterocycles. The summed E-state index contributed by atoms with van der Waals surface area (Å²) in [6.45, 7) is 13.4. The summed E-state index contributed by atoms with van der Waals surface area (Å²) >= 11 is 0. The van der Waals surface area contributed by atoms with Crippen LogP contribution in [0, 0.1) is 0 Å². The zero-order valence-electron chi connectivity index (χ0n) is 15.2. The molecule has 0 aromatic rings. The number of hydrogen-bond acceptors (Lipinski definition) is 0. The first-order valence-corrected chi connectivity index (χ1v) is 9.24. The second-order valence-corrected chi connectivity index (χ2v) is 5.47. The molecule has 0 aromatic heterocycles. The fraction of sp³-hybridized carbons (Fsp3) is 1.00. The summed E-state index contributed by atoms with van der Waals surface area (Å²) in [5.74, 6) is 0. The van der Waals surface area contributed by atoms with Gasteiger partial charge in [-0.1, -0.05) is 147 Å². The minimum absolute atomic E-state index is 0. The molecule has 0 saturated heterocycles. The zero-order valence-corrected chi connectivity index (χ0v) is 15.2. The van der Waals surface area contributed by atoms with E-state index in [1.807, 2.05) is 0 Å². The second-order valence-electron chi connectivity index (χ2n) is 5.47. The molecule has 0 aliphatic heterocycles. The van der Waals surface area contributed by atoms with Gasteiger partial charge in [0.05, 0.1) is 0 Å². The van der Waals surface area contributed by atoms with Crippen LogP contribution in [0.3, 0.4) is 0 Å². The Morgan fingerprint density at radius 2 is 0.409 bits per heavy atom. The predicted molar refractivity (Wildman–Crippen MR) is 114 cm³/mol. The normalized spacial score (nSPS) is 7.91. The van der Waals surface area contributed by atoms with Crippen molar-refractivity contribution in [3.63, 3.8) is 0 Å². The van der Waals surface area contributed by atoms with E-state index in [1.54, 1.807) is 0 Å². The highest BCUT2D eigenvalue weighted by Crippen LogP contribution is 2.00. The van der Waals surface area contributed by atoms with E-state index >= 15 is 0 Å². The van der Waals surface area contributed by atoms with Crippen LogP contribution >= 0.6 is 0 Å². The van der Waals surface area contributed by atoms with Crippen LogP contribution in [0.15, 0.2) is 0 Å². The minimum Gasteiger partial charge on any atom is -0.0776 e. The molecular weight excluding hydrogens is 264 g/mol. The highest BCUT2D eigenvalue weighted by Gasteiger charge is 1.80. The molecule has 144 valence electrons. The molecule has 0 amide bonds. The molecule has 22 heavy (non-hydrogen) atoms. The van der Waals surface area contributed by atoms with Crippen molar-refractivity contribution >= 4 is 0 Å².